The molecule has 1 heterocycles. The van der Waals surface area contributed by atoms with Crippen LogP contribution in [-0.4, -0.2) is 111 Å². The van der Waals surface area contributed by atoms with Crippen molar-refractivity contribution in [1.29, 1.82) is 0 Å². The number of hydrogen-bond acceptors (Lipinski definition) is 9. The average Bonchev–Trinajstić information content (AvgIpc) is 3.42. The Bertz CT molecular complexity index is 1150. The normalized spacial score (nSPS) is 41.7. The third kappa shape index (κ3) is 7.32. The van der Waals surface area contributed by atoms with Crippen molar-refractivity contribution in [2.45, 2.75) is 122 Å². The molecule has 0 spiro atoms. The van der Waals surface area contributed by atoms with Gasteiger partial charge in [0.2, 0.25) is 11.8 Å². The molecule has 6 aliphatic rings. The number of aliphatic hydroxyl groups is 1. The average molecular weight is 677 g/mol. The zero-order valence-corrected chi connectivity index (χ0v) is 30.9. The van der Waals surface area contributed by atoms with Gasteiger partial charge in [0.05, 0.1) is 18.6 Å². The van der Waals surface area contributed by atoms with E-state index in [1.54, 1.807) is 26.1 Å². The van der Waals surface area contributed by atoms with Crippen LogP contribution >= 0.6 is 0 Å². The number of nitrogens with zero attached hydrogens (tertiary/aromatic N) is 2. The quantitative estimate of drug-likeness (QED) is 0.283. The molecule has 0 radical (unpaired) electrons. The van der Waals surface area contributed by atoms with Crippen LogP contribution in [0.4, 0.5) is 0 Å². The second kappa shape index (κ2) is 15.2. The van der Waals surface area contributed by atoms with Crippen molar-refractivity contribution in [3.63, 3.8) is 0 Å². The summed E-state index contributed by atoms with van der Waals surface area (Å²) in [6.07, 6.45) is 6.54. The van der Waals surface area contributed by atoms with Gasteiger partial charge in [-0.25, -0.2) is 0 Å². The third-order valence-corrected chi connectivity index (χ3v) is 13.8. The second-order valence-electron chi connectivity index (χ2n) is 16.8. The zero-order chi connectivity index (χ0) is 35.1. The van der Waals surface area contributed by atoms with E-state index in [1.165, 1.54) is 13.3 Å². The molecule has 6 rings (SSSR count). The number of aliphatic hydroxyl groups excluding tert-OH is 1. The van der Waals surface area contributed by atoms with Crippen molar-refractivity contribution in [3.05, 3.63) is 0 Å². The Morgan fingerprint density at radius 1 is 1.08 bits per heavy atom. The highest BCUT2D eigenvalue weighted by molar-refractivity contribution is 5.83. The highest BCUT2D eigenvalue weighted by Gasteiger charge is 2.58. The lowest BCUT2D eigenvalue weighted by Crippen LogP contribution is -2.62. The highest BCUT2D eigenvalue weighted by atomic mass is 16.7. The standard InChI is InChI=1S/C37H64N4O7/c1-20-29-16-26(37(29,4)5)17-30(20)39-36(45)33-32(21(2)47-22(3)43)31(19-42)48-41(33)18-23-11-10-12-28(34(23)46-9)24-13-25(35(44)38-6)15-27(14-24)40(7)8/h20-21,23-34,42H,10-19H2,1-9H3,(H,38,44)(H,39,45)/t20-,21-,23?,24?,25?,26+,27?,28?,29-,30-,31-,32+,33-,34?/m0/s1. The van der Waals surface area contributed by atoms with E-state index in [2.05, 4.69) is 50.4 Å². The number of ether oxygens (including phenoxy) is 2. The monoisotopic (exact) mass is 676 g/mol. The molecular weight excluding hydrogens is 612 g/mol. The maximum absolute atomic E-state index is 14.4. The van der Waals surface area contributed by atoms with Crippen molar-refractivity contribution in [3.8, 4) is 0 Å². The van der Waals surface area contributed by atoms with E-state index in [-0.39, 0.29) is 48.3 Å². The highest BCUT2D eigenvalue weighted by Crippen LogP contribution is 2.61. The van der Waals surface area contributed by atoms with Gasteiger partial charge in [0, 0.05) is 51.5 Å². The van der Waals surface area contributed by atoms with Crippen molar-refractivity contribution >= 4 is 17.8 Å². The fraction of sp³-hybridized carbons (Fsp3) is 0.919. The first-order chi connectivity index (χ1) is 22.7. The van der Waals surface area contributed by atoms with Gasteiger partial charge in [-0.3, -0.25) is 19.2 Å². The number of nitrogens with one attached hydrogen (secondary N) is 2. The summed E-state index contributed by atoms with van der Waals surface area (Å²) in [5.74, 6) is 1.25. The zero-order valence-electron chi connectivity index (χ0n) is 30.9. The Morgan fingerprint density at radius 2 is 1.81 bits per heavy atom. The van der Waals surface area contributed by atoms with Gasteiger partial charge in [-0.05, 0) is 101 Å². The van der Waals surface area contributed by atoms with Gasteiger partial charge in [0.25, 0.3) is 0 Å². The predicted molar refractivity (Wildman–Crippen MR) is 182 cm³/mol. The summed E-state index contributed by atoms with van der Waals surface area (Å²) in [4.78, 5) is 48.1. The van der Waals surface area contributed by atoms with Crippen LogP contribution < -0.4 is 10.6 Å². The Balaban J connectivity index is 1.37. The molecule has 6 fully saturated rings. The summed E-state index contributed by atoms with van der Waals surface area (Å²) < 4.78 is 12.0. The minimum Gasteiger partial charge on any atom is -0.462 e. The third-order valence-electron chi connectivity index (χ3n) is 13.8. The number of hydrogen-bond donors (Lipinski definition) is 3. The molecule has 0 aromatic carbocycles. The Labute approximate surface area is 288 Å². The molecule has 5 aliphatic carbocycles. The maximum Gasteiger partial charge on any atom is 0.302 e. The predicted octanol–water partition coefficient (Wildman–Crippen LogP) is 3.24. The SMILES string of the molecule is CNC(=O)C1CC(C2CCCC(CN3O[C@@H](CO)[C@@H]([C@H](C)OC(C)=O)[C@H]3C(=O)N[C@H]3C[C@H]4C[C@@H]([C@@H]3C)C4(C)C)C2OC)CC(N(C)C)C1. The molecular formula is C37H64N4O7. The Hall–Kier alpha value is -1.79. The molecule has 2 amide bonds. The van der Waals surface area contributed by atoms with E-state index in [0.717, 1.165) is 44.9 Å². The molecule has 6 unspecified atom stereocenters. The number of methoxy groups -OCH3 is 1. The first-order valence-corrected chi connectivity index (χ1v) is 18.6. The number of hydroxylamine groups is 2. The molecule has 0 aromatic heterocycles. The first kappa shape index (κ1) is 37.5. The van der Waals surface area contributed by atoms with Gasteiger partial charge in [-0.1, -0.05) is 27.2 Å². The van der Waals surface area contributed by atoms with Gasteiger partial charge in [0.15, 0.2) is 0 Å². The van der Waals surface area contributed by atoms with Gasteiger partial charge < -0.3 is 30.1 Å². The molecule has 48 heavy (non-hydrogen) atoms. The van der Waals surface area contributed by atoms with E-state index < -0.39 is 30.1 Å². The number of rotatable bonds is 11. The van der Waals surface area contributed by atoms with Crippen LogP contribution in [-0.2, 0) is 28.7 Å². The minimum absolute atomic E-state index is 0.0263. The summed E-state index contributed by atoms with van der Waals surface area (Å²) in [7, 11) is 7.71. The van der Waals surface area contributed by atoms with Crippen LogP contribution in [0.1, 0.15) is 86.0 Å². The lowest BCUT2D eigenvalue weighted by Gasteiger charge is -2.62. The topological polar surface area (TPSA) is 130 Å². The maximum atomic E-state index is 14.4. The Morgan fingerprint density at radius 3 is 2.40 bits per heavy atom. The molecule has 0 aromatic rings. The molecule has 2 bridgehead atoms. The molecule has 274 valence electrons. The van der Waals surface area contributed by atoms with E-state index in [1.807, 2.05) is 0 Å². The number of amides is 2. The van der Waals surface area contributed by atoms with Gasteiger partial charge in [-0.15, -0.1) is 0 Å². The first-order valence-electron chi connectivity index (χ1n) is 18.6. The van der Waals surface area contributed by atoms with Crippen molar-refractivity contribution < 1.29 is 33.8 Å². The number of fused-ring (bicyclic) bond motifs is 2. The number of esters is 1. The molecule has 11 nitrogen and oxygen atoms in total. The van der Waals surface area contributed by atoms with E-state index in [9.17, 15) is 19.5 Å². The lowest BCUT2D eigenvalue weighted by molar-refractivity contribution is -0.193. The fourth-order valence-electron chi connectivity index (χ4n) is 10.9. The van der Waals surface area contributed by atoms with Crippen LogP contribution in [0, 0.1) is 52.8 Å². The van der Waals surface area contributed by atoms with Gasteiger partial charge >= 0.3 is 5.97 Å². The number of carbonyl (C=O) groups excluding carboxylic acids is 3. The molecule has 5 saturated carbocycles. The summed E-state index contributed by atoms with van der Waals surface area (Å²) in [6.45, 7) is 10.3. The fourth-order valence-corrected chi connectivity index (χ4v) is 10.9. The smallest absolute Gasteiger partial charge is 0.302 e. The van der Waals surface area contributed by atoms with Crippen molar-refractivity contribution in [2.24, 2.45) is 52.8 Å². The summed E-state index contributed by atoms with van der Waals surface area (Å²) in [5.41, 5.74) is 0.301. The van der Waals surface area contributed by atoms with Crippen molar-refractivity contribution in [1.82, 2.24) is 20.6 Å². The van der Waals surface area contributed by atoms with Crippen LogP contribution in [0.5, 0.6) is 0 Å². The summed E-state index contributed by atoms with van der Waals surface area (Å²) in [6, 6.07) is -0.325. The molecule has 1 saturated heterocycles. The van der Waals surface area contributed by atoms with Crippen molar-refractivity contribution in [2.75, 3.05) is 41.4 Å². The van der Waals surface area contributed by atoms with Gasteiger partial charge in [0.1, 0.15) is 18.2 Å². The summed E-state index contributed by atoms with van der Waals surface area (Å²) >= 11 is 0. The van der Waals surface area contributed by atoms with Crippen LogP contribution in [0.15, 0.2) is 0 Å². The molecule has 1 aliphatic heterocycles. The van der Waals surface area contributed by atoms with Crippen LogP contribution in [0.25, 0.3) is 0 Å². The van der Waals surface area contributed by atoms with E-state index in [4.69, 9.17) is 14.3 Å². The van der Waals surface area contributed by atoms with E-state index in [0.29, 0.717) is 41.7 Å². The lowest BCUT2D eigenvalue weighted by atomic mass is 9.45. The molecule has 14 atom stereocenters. The largest absolute Gasteiger partial charge is 0.462 e. The Kier molecular flexibility index (Phi) is 11.9. The summed E-state index contributed by atoms with van der Waals surface area (Å²) in [5, 5.41) is 18.6. The number of carbonyl (C=O) groups is 3. The second-order valence-corrected chi connectivity index (χ2v) is 16.8. The minimum atomic E-state index is -0.724. The van der Waals surface area contributed by atoms with Crippen LogP contribution in [0.3, 0.4) is 0 Å². The van der Waals surface area contributed by atoms with Gasteiger partial charge in [-0.2, -0.15) is 5.06 Å². The van der Waals surface area contributed by atoms with Crippen LogP contribution in [0.2, 0.25) is 0 Å². The van der Waals surface area contributed by atoms with E-state index >= 15 is 0 Å². The molecule has 11 heteroatoms. The molecule has 3 N–H and O–H groups in total.